The van der Waals surface area contributed by atoms with Crippen molar-refractivity contribution in [1.82, 2.24) is 25.5 Å². The molecule has 10 heteroatoms. The molecule has 0 saturated carbocycles. The molecule has 0 bridgehead atoms. The van der Waals surface area contributed by atoms with E-state index in [1.54, 1.807) is 11.1 Å². The molecule has 1 aliphatic heterocycles. The number of urea groups is 1. The summed E-state index contributed by atoms with van der Waals surface area (Å²) < 4.78 is 0. The van der Waals surface area contributed by atoms with Gasteiger partial charge in [0.05, 0.1) is 30.4 Å². The second-order valence-corrected chi connectivity index (χ2v) is 7.70. The average Bonchev–Trinajstić information content (AvgIpc) is 3.00. The number of aliphatic hydroxyl groups is 1. The quantitative estimate of drug-likeness (QED) is 0.480. The number of nitrogens with zero attached hydrogens (tertiary/aromatic N) is 3. The fourth-order valence-corrected chi connectivity index (χ4v) is 3.51. The lowest BCUT2D eigenvalue weighted by Gasteiger charge is -2.33. The minimum atomic E-state index is -0.592. The molecule has 0 unspecified atom stereocenters. The van der Waals surface area contributed by atoms with E-state index in [0.717, 1.165) is 16.8 Å². The third kappa shape index (κ3) is 5.65. The van der Waals surface area contributed by atoms with Gasteiger partial charge in [0.1, 0.15) is 0 Å². The number of anilines is 1. The number of aromatic nitrogens is 2. The van der Waals surface area contributed by atoms with Crippen LogP contribution in [0.1, 0.15) is 43.6 Å². The van der Waals surface area contributed by atoms with Gasteiger partial charge in [-0.05, 0) is 19.4 Å². The maximum absolute atomic E-state index is 13.0. The minimum Gasteiger partial charge on any atom is -0.394 e. The predicted molar refractivity (Wildman–Crippen MR) is 123 cm³/mol. The van der Waals surface area contributed by atoms with Crippen LogP contribution in [-0.2, 0) is 16.9 Å². The van der Waals surface area contributed by atoms with E-state index in [4.69, 9.17) is 0 Å². The standard InChI is InChI=1S/C21H28N6O3.H2S/c1-14(29)22-9-10-23-19-24-11-16-17(25-19)12-27(21(16,2)3)20(30)26-18(13-28)15-7-5-4-6-8-15;/h4-8,11,18,28H,9-10,12-13H2,1-3H3,(H,22,29)(H,26,30)(H,23,24,25);1H2/t18-;/m1./s1. The van der Waals surface area contributed by atoms with Crippen molar-refractivity contribution >= 4 is 31.4 Å². The summed E-state index contributed by atoms with van der Waals surface area (Å²) >= 11 is 0. The van der Waals surface area contributed by atoms with Crippen molar-refractivity contribution in [2.75, 3.05) is 25.0 Å². The summed E-state index contributed by atoms with van der Waals surface area (Å²) in [4.78, 5) is 34.6. The molecule has 2 aromatic rings. The first-order chi connectivity index (χ1) is 14.3. The Balaban J connectivity index is 0.00000341. The molecule has 0 saturated heterocycles. The highest BCUT2D eigenvalue weighted by atomic mass is 32.1. The summed E-state index contributed by atoms with van der Waals surface area (Å²) in [6.45, 7) is 6.47. The van der Waals surface area contributed by atoms with Crippen LogP contribution in [0, 0.1) is 0 Å². The van der Waals surface area contributed by atoms with E-state index in [1.807, 2.05) is 44.2 Å². The zero-order valence-electron chi connectivity index (χ0n) is 18.0. The van der Waals surface area contributed by atoms with E-state index in [2.05, 4.69) is 25.9 Å². The first kappa shape index (κ1) is 24.4. The molecule has 1 aromatic carbocycles. The van der Waals surface area contributed by atoms with Crippen molar-refractivity contribution in [3.05, 3.63) is 53.3 Å². The smallest absolute Gasteiger partial charge is 0.319 e. The fourth-order valence-electron chi connectivity index (χ4n) is 3.51. The number of benzene rings is 1. The number of rotatable bonds is 7. The molecule has 9 nitrogen and oxygen atoms in total. The Labute approximate surface area is 189 Å². The maximum Gasteiger partial charge on any atom is 0.319 e. The molecular formula is C21H30N6O3S. The Kier molecular flexibility index (Phi) is 8.23. The molecule has 4 N–H and O–H groups in total. The molecule has 3 amide bonds. The summed E-state index contributed by atoms with van der Waals surface area (Å²) in [6.07, 6.45) is 1.73. The maximum atomic E-state index is 13.0. The van der Waals surface area contributed by atoms with Gasteiger partial charge in [-0.3, -0.25) is 4.79 Å². The molecule has 1 aliphatic rings. The van der Waals surface area contributed by atoms with Crippen molar-refractivity contribution in [1.29, 1.82) is 0 Å². The monoisotopic (exact) mass is 446 g/mol. The molecule has 1 atom stereocenters. The molecule has 1 aromatic heterocycles. The van der Waals surface area contributed by atoms with Gasteiger partial charge in [-0.1, -0.05) is 30.3 Å². The van der Waals surface area contributed by atoms with Crippen LogP contribution in [0.5, 0.6) is 0 Å². The zero-order chi connectivity index (χ0) is 21.7. The molecule has 31 heavy (non-hydrogen) atoms. The van der Waals surface area contributed by atoms with Gasteiger partial charge in [-0.2, -0.15) is 13.5 Å². The molecule has 3 rings (SSSR count). The van der Waals surface area contributed by atoms with Crippen molar-refractivity contribution in [2.24, 2.45) is 0 Å². The van der Waals surface area contributed by atoms with E-state index in [0.29, 0.717) is 25.6 Å². The minimum absolute atomic E-state index is 0. The van der Waals surface area contributed by atoms with Crippen LogP contribution in [0.25, 0.3) is 0 Å². The summed E-state index contributed by atoms with van der Waals surface area (Å²) in [7, 11) is 0. The van der Waals surface area contributed by atoms with Crippen molar-refractivity contribution in [3.63, 3.8) is 0 Å². The Bertz CT molecular complexity index is 909. The van der Waals surface area contributed by atoms with Gasteiger partial charge in [-0.25, -0.2) is 14.8 Å². The largest absolute Gasteiger partial charge is 0.394 e. The van der Waals surface area contributed by atoms with E-state index in [9.17, 15) is 14.7 Å². The van der Waals surface area contributed by atoms with Crippen LogP contribution in [0.2, 0.25) is 0 Å². The van der Waals surface area contributed by atoms with E-state index in [-0.39, 0.29) is 32.0 Å². The van der Waals surface area contributed by atoms with Crippen LogP contribution in [0.15, 0.2) is 36.5 Å². The van der Waals surface area contributed by atoms with Crippen molar-refractivity contribution in [2.45, 2.75) is 38.9 Å². The molecule has 0 fully saturated rings. The number of carbonyl (C=O) groups is 2. The van der Waals surface area contributed by atoms with Gasteiger partial charge in [0.25, 0.3) is 0 Å². The van der Waals surface area contributed by atoms with Crippen LogP contribution in [-0.4, -0.2) is 51.6 Å². The summed E-state index contributed by atoms with van der Waals surface area (Å²) in [5.41, 5.74) is 1.90. The molecule has 168 valence electrons. The van der Waals surface area contributed by atoms with Crippen LogP contribution in [0.4, 0.5) is 10.7 Å². The van der Waals surface area contributed by atoms with Crippen LogP contribution in [0.3, 0.4) is 0 Å². The molecule has 0 radical (unpaired) electrons. The number of fused-ring (bicyclic) bond motifs is 1. The number of aliphatic hydroxyl groups excluding tert-OH is 1. The number of hydrogen-bond acceptors (Lipinski definition) is 6. The SMILES string of the molecule is CC(=O)NCCNc1ncc2c(n1)CN(C(=O)N[C@H](CO)c1ccccc1)C2(C)C.S. The summed E-state index contributed by atoms with van der Waals surface area (Å²) in [5.74, 6) is 0.362. The summed E-state index contributed by atoms with van der Waals surface area (Å²) in [5, 5.41) is 18.5. The third-order valence-corrected chi connectivity index (χ3v) is 5.22. The second-order valence-electron chi connectivity index (χ2n) is 7.70. The van der Waals surface area contributed by atoms with E-state index < -0.39 is 11.6 Å². The lowest BCUT2D eigenvalue weighted by Crippen LogP contribution is -2.47. The van der Waals surface area contributed by atoms with Gasteiger partial charge in [0.2, 0.25) is 11.9 Å². The topological polar surface area (TPSA) is 119 Å². The Hall–Kier alpha value is -2.85. The average molecular weight is 447 g/mol. The molecule has 0 aliphatic carbocycles. The predicted octanol–water partition coefficient (Wildman–Crippen LogP) is 1.63. The first-order valence-electron chi connectivity index (χ1n) is 9.91. The number of carbonyl (C=O) groups excluding carboxylic acids is 2. The normalized spacial score (nSPS) is 14.8. The number of amides is 3. The highest BCUT2D eigenvalue weighted by Gasteiger charge is 2.42. The molecular weight excluding hydrogens is 416 g/mol. The van der Waals surface area contributed by atoms with Crippen molar-refractivity contribution in [3.8, 4) is 0 Å². The van der Waals surface area contributed by atoms with Crippen molar-refractivity contribution < 1.29 is 14.7 Å². The summed E-state index contributed by atoms with van der Waals surface area (Å²) in [6, 6.07) is 8.60. The highest BCUT2D eigenvalue weighted by molar-refractivity contribution is 7.59. The Morgan fingerprint density at radius 3 is 2.58 bits per heavy atom. The molecule has 0 spiro atoms. The first-order valence-corrected chi connectivity index (χ1v) is 9.91. The second kappa shape index (κ2) is 10.5. The van der Waals surface area contributed by atoms with Gasteiger partial charge >= 0.3 is 6.03 Å². The Morgan fingerprint density at radius 1 is 1.23 bits per heavy atom. The Morgan fingerprint density at radius 2 is 1.94 bits per heavy atom. The molecule has 2 heterocycles. The van der Waals surface area contributed by atoms with Gasteiger partial charge < -0.3 is 26.0 Å². The highest BCUT2D eigenvalue weighted by Crippen LogP contribution is 2.38. The van der Waals surface area contributed by atoms with Crippen LogP contribution >= 0.6 is 13.5 Å². The lowest BCUT2D eigenvalue weighted by atomic mass is 9.97. The number of hydrogen-bond donors (Lipinski definition) is 4. The third-order valence-electron chi connectivity index (χ3n) is 5.22. The lowest BCUT2D eigenvalue weighted by molar-refractivity contribution is -0.118. The van der Waals surface area contributed by atoms with Gasteiger partial charge in [0, 0.05) is 31.8 Å². The zero-order valence-corrected chi connectivity index (χ0v) is 19.0. The van der Waals surface area contributed by atoms with E-state index >= 15 is 0 Å². The number of nitrogens with one attached hydrogen (secondary N) is 3. The van der Waals surface area contributed by atoms with Gasteiger partial charge in [0.15, 0.2) is 0 Å². The van der Waals surface area contributed by atoms with Gasteiger partial charge in [-0.15, -0.1) is 0 Å². The van der Waals surface area contributed by atoms with Crippen LogP contribution < -0.4 is 16.0 Å². The fraction of sp³-hybridized carbons (Fsp3) is 0.429. The van der Waals surface area contributed by atoms with E-state index in [1.165, 1.54) is 6.92 Å².